The van der Waals surface area contributed by atoms with Gasteiger partial charge in [-0.3, -0.25) is 0 Å². The fraction of sp³-hybridized carbons (Fsp3) is 0.636. The van der Waals surface area contributed by atoms with Gasteiger partial charge in [-0.25, -0.2) is 9.36 Å². The minimum atomic E-state index is -0.119. The van der Waals surface area contributed by atoms with Crippen molar-refractivity contribution in [2.45, 2.75) is 156 Å². The molecule has 0 radical (unpaired) electrons. The number of benzene rings is 2. The molecule has 0 amide bonds. The second-order valence-corrected chi connectivity index (χ2v) is 22.9. The lowest BCUT2D eigenvalue weighted by molar-refractivity contribution is -0.0489. The topological polar surface area (TPSA) is 81.6 Å². The van der Waals surface area contributed by atoms with Gasteiger partial charge < -0.3 is 5.11 Å². The predicted octanol–water partition coefficient (Wildman–Crippen LogP) is 12.9. The molecule has 4 aromatic rings. The lowest BCUT2D eigenvalue weighted by Crippen LogP contribution is -2.50. The summed E-state index contributed by atoms with van der Waals surface area (Å²) in [4.78, 5) is 0. The molecule has 6 fully saturated rings. The number of hydrogen-bond acceptors (Lipinski definition) is 5. The summed E-state index contributed by atoms with van der Waals surface area (Å²) in [7, 11) is 0. The van der Waals surface area contributed by atoms with Crippen molar-refractivity contribution in [3.05, 3.63) is 96.4 Å². The molecule has 2 heterocycles. The number of nitrogens with zero attached hydrogens (tertiary/aromatic N) is 6. The molecule has 2 aromatic carbocycles. The summed E-state index contributed by atoms with van der Waals surface area (Å²) < 4.78 is 4.43. The number of aliphatic hydroxyl groups is 1. The Morgan fingerprint density at radius 3 is 1.50 bits per heavy atom. The van der Waals surface area contributed by atoms with Gasteiger partial charge in [-0.1, -0.05) is 129 Å². The highest BCUT2D eigenvalue weighted by Gasteiger charge is 2.61. The van der Waals surface area contributed by atoms with Crippen LogP contribution in [0, 0.1) is 63.1 Å². The molecule has 7 heteroatoms. The minimum absolute atomic E-state index is 0.119. The van der Waals surface area contributed by atoms with Crippen LogP contribution in [0.4, 0.5) is 0 Å². The van der Waals surface area contributed by atoms with E-state index in [1.165, 1.54) is 89.0 Å². The van der Waals surface area contributed by atoms with Crippen molar-refractivity contribution in [3.8, 4) is 22.5 Å². The molecule has 0 saturated heterocycles. The van der Waals surface area contributed by atoms with E-state index in [-0.39, 0.29) is 6.10 Å². The Kier molecular flexibility index (Phi) is 10.2. The first-order valence-electron chi connectivity index (χ1n) is 25.0. The highest BCUT2D eigenvalue weighted by atomic mass is 16.3. The number of aromatic nitrogens is 6. The second-order valence-electron chi connectivity index (χ2n) is 22.9. The molecule has 8 aliphatic carbocycles. The summed E-state index contributed by atoms with van der Waals surface area (Å²) in [6, 6.07) is 21.9. The van der Waals surface area contributed by atoms with E-state index in [1.807, 2.05) is 11.6 Å². The fourth-order valence-electron chi connectivity index (χ4n) is 16.6. The maximum absolute atomic E-state index is 10.2. The molecule has 6 saturated carbocycles. The van der Waals surface area contributed by atoms with Crippen LogP contribution in [0.1, 0.15) is 149 Å². The van der Waals surface area contributed by atoms with E-state index in [9.17, 15) is 5.11 Å². The first-order chi connectivity index (χ1) is 30.0. The molecule has 2 aromatic heterocycles. The molecule has 0 bridgehead atoms. The Morgan fingerprint density at radius 2 is 1.00 bits per heavy atom. The van der Waals surface area contributed by atoms with Crippen LogP contribution < -0.4 is 0 Å². The van der Waals surface area contributed by atoms with Crippen molar-refractivity contribution in [1.29, 1.82) is 0 Å². The summed E-state index contributed by atoms with van der Waals surface area (Å²) in [6.45, 7) is 12.7. The summed E-state index contributed by atoms with van der Waals surface area (Å²) in [5.74, 6) is 5.80. The van der Waals surface area contributed by atoms with Gasteiger partial charge in [0.25, 0.3) is 0 Å². The lowest BCUT2D eigenvalue weighted by atomic mass is 9.47. The minimum Gasteiger partial charge on any atom is -0.393 e. The molecule has 328 valence electrons. The highest BCUT2D eigenvalue weighted by molar-refractivity contribution is 5.58. The van der Waals surface area contributed by atoms with Gasteiger partial charge in [0.15, 0.2) is 0 Å². The lowest BCUT2D eigenvalue weighted by Gasteiger charge is -2.58. The molecule has 12 rings (SSSR count). The van der Waals surface area contributed by atoms with E-state index in [0.29, 0.717) is 33.7 Å². The van der Waals surface area contributed by atoms with Crippen LogP contribution in [0.5, 0.6) is 0 Å². The van der Waals surface area contributed by atoms with Gasteiger partial charge in [0.1, 0.15) is 11.4 Å². The van der Waals surface area contributed by atoms with Gasteiger partial charge in [-0.05, 0) is 166 Å². The van der Waals surface area contributed by atoms with E-state index in [2.05, 4.69) is 144 Å². The molecule has 0 aliphatic heterocycles. The molecule has 14 atom stereocenters. The van der Waals surface area contributed by atoms with Crippen LogP contribution >= 0.6 is 0 Å². The average molecular weight is 833 g/mol. The number of aliphatic hydroxyl groups excluding tert-OH is 1. The maximum atomic E-state index is 10.2. The maximum Gasteiger partial charge on any atom is 0.113 e. The normalized spacial score (nSPS) is 41.8. The summed E-state index contributed by atoms with van der Waals surface area (Å²) in [6.07, 6.45) is 29.8. The first kappa shape index (κ1) is 40.9. The molecule has 0 spiro atoms. The Labute approximate surface area is 371 Å². The quantitative estimate of drug-likeness (QED) is 0.207. The van der Waals surface area contributed by atoms with Crippen LogP contribution in [0.25, 0.3) is 22.5 Å². The third-order valence-corrected chi connectivity index (χ3v) is 20.1. The predicted molar refractivity (Wildman–Crippen MR) is 248 cm³/mol. The third-order valence-electron chi connectivity index (χ3n) is 20.1. The molecule has 7 nitrogen and oxygen atoms in total. The molecule has 62 heavy (non-hydrogen) atoms. The van der Waals surface area contributed by atoms with Crippen molar-refractivity contribution in [2.75, 3.05) is 0 Å². The van der Waals surface area contributed by atoms with E-state index in [0.717, 1.165) is 77.6 Å². The molecule has 8 aliphatic rings. The van der Waals surface area contributed by atoms with E-state index in [4.69, 9.17) is 0 Å². The summed E-state index contributed by atoms with van der Waals surface area (Å²) >= 11 is 0. The van der Waals surface area contributed by atoms with Crippen LogP contribution in [0.15, 0.2) is 96.4 Å². The van der Waals surface area contributed by atoms with Gasteiger partial charge in [0, 0.05) is 11.1 Å². The largest absolute Gasteiger partial charge is 0.393 e. The van der Waals surface area contributed by atoms with Gasteiger partial charge in [0.2, 0.25) is 0 Å². The Hall–Kier alpha value is -3.84. The SMILES string of the molecule is C[C@H]1CC[C@@]2(C)C(=CCC3C2CC[C@@]2(C)C3CC[C@@H]2n2cc(-c3ccccc3)nn2)C1.C[C@]12CC[C@H](O)CC1=CCC1C2CC[C@@]2(C)C1CC[C@@H]2n1cc(-c2ccccc2)nn1. The number of hydrogen-bond donors (Lipinski definition) is 1. The third kappa shape index (κ3) is 6.50. The highest BCUT2D eigenvalue weighted by Crippen LogP contribution is 2.69. The summed E-state index contributed by atoms with van der Waals surface area (Å²) in [5.41, 5.74) is 9.14. The number of allylic oxidation sites excluding steroid dienone is 3. The standard InChI is InChI=1S/C28H37N3.C27H35N3O/c1-19-13-15-27(2)21(17-19)9-10-22-23-11-12-26(28(23,3)16-14-24(22)27)31-18-25(29-30-31)20-7-5-4-6-8-20;1-26-14-12-20(31)16-19(26)8-9-21-22-10-11-25(27(22,2)15-13-23(21)26)30-17-24(28-29-30)18-6-4-3-5-7-18/h4-9,18-19,22-24,26H,10-17H2,1-3H3;3-8,17,20-23,25,31H,9-16H2,1-2H3/t19-,22?,23?,24?,26-,27-,28-;20-,21?,22?,23?,25-,26-,27-/m00/s1. The van der Waals surface area contributed by atoms with Gasteiger partial charge >= 0.3 is 0 Å². The zero-order valence-electron chi connectivity index (χ0n) is 38.3. The van der Waals surface area contributed by atoms with Gasteiger partial charge in [-0.15, -0.1) is 10.2 Å². The van der Waals surface area contributed by atoms with Gasteiger partial charge in [-0.2, -0.15) is 0 Å². The van der Waals surface area contributed by atoms with E-state index < -0.39 is 0 Å². The molecule has 1 N–H and O–H groups in total. The van der Waals surface area contributed by atoms with Crippen molar-refractivity contribution in [3.63, 3.8) is 0 Å². The second kappa shape index (κ2) is 15.4. The molecular formula is C55H72N6O. The van der Waals surface area contributed by atoms with Crippen molar-refractivity contribution < 1.29 is 5.11 Å². The Bertz CT molecular complexity index is 2150. The zero-order valence-corrected chi connectivity index (χ0v) is 38.3. The first-order valence-corrected chi connectivity index (χ1v) is 25.0. The smallest absolute Gasteiger partial charge is 0.113 e. The van der Waals surface area contributed by atoms with Crippen LogP contribution in [0.2, 0.25) is 0 Å². The van der Waals surface area contributed by atoms with Crippen LogP contribution in [-0.2, 0) is 0 Å². The number of rotatable bonds is 4. The van der Waals surface area contributed by atoms with E-state index in [1.54, 1.807) is 5.57 Å². The van der Waals surface area contributed by atoms with E-state index >= 15 is 0 Å². The zero-order chi connectivity index (χ0) is 42.4. The van der Waals surface area contributed by atoms with Crippen molar-refractivity contribution >= 4 is 0 Å². The van der Waals surface area contributed by atoms with Crippen LogP contribution in [0.3, 0.4) is 0 Å². The Morgan fingerprint density at radius 1 is 0.532 bits per heavy atom. The molecular weight excluding hydrogens is 761 g/mol. The van der Waals surface area contributed by atoms with Gasteiger partial charge in [0.05, 0.1) is 30.6 Å². The average Bonchev–Trinajstić information content (AvgIpc) is 4.10. The number of fused-ring (bicyclic) bond motifs is 10. The fourth-order valence-corrected chi connectivity index (χ4v) is 16.6. The molecule has 6 unspecified atom stereocenters. The monoisotopic (exact) mass is 833 g/mol. The Balaban J connectivity index is 0.000000139. The van der Waals surface area contributed by atoms with Crippen molar-refractivity contribution in [1.82, 2.24) is 30.0 Å². The van der Waals surface area contributed by atoms with Crippen LogP contribution in [-0.4, -0.2) is 41.2 Å². The van der Waals surface area contributed by atoms with Crippen molar-refractivity contribution in [2.24, 2.45) is 63.1 Å². The summed E-state index contributed by atoms with van der Waals surface area (Å²) in [5, 5.41) is 28.6.